The first-order chi connectivity index (χ1) is 13.8. The van der Waals surface area contributed by atoms with Crippen LogP contribution in [0.3, 0.4) is 0 Å². The van der Waals surface area contributed by atoms with Gasteiger partial charge in [0.05, 0.1) is 12.6 Å². The minimum Gasteiger partial charge on any atom is -0.471 e. The van der Waals surface area contributed by atoms with E-state index in [1.165, 1.54) is 24.5 Å². The van der Waals surface area contributed by atoms with E-state index in [9.17, 15) is 18.4 Å². The number of amides is 1. The van der Waals surface area contributed by atoms with Crippen LogP contribution in [-0.2, 0) is 9.59 Å². The smallest absolute Gasteiger partial charge is 0.272 e. The predicted octanol–water partition coefficient (Wildman–Crippen LogP) is 3.77. The molecule has 0 spiro atoms. The second-order valence-corrected chi connectivity index (χ2v) is 7.30. The molecule has 29 heavy (non-hydrogen) atoms. The molecule has 9 heteroatoms. The lowest BCUT2D eigenvalue weighted by Crippen LogP contribution is -2.30. The molecule has 1 saturated carbocycles. The van der Waals surface area contributed by atoms with Crippen molar-refractivity contribution >= 4 is 30.0 Å². The molecule has 0 saturated heterocycles. The highest BCUT2D eigenvalue weighted by molar-refractivity contribution is 6.31. The van der Waals surface area contributed by atoms with Crippen molar-refractivity contribution in [2.24, 2.45) is 10.9 Å². The Morgan fingerprint density at radius 1 is 1.52 bits per heavy atom. The van der Waals surface area contributed by atoms with Gasteiger partial charge in [-0.25, -0.2) is 13.8 Å². The number of hydrogen-bond acceptors (Lipinski definition) is 5. The molecule has 3 rings (SSSR count). The fraction of sp³-hybridized carbons (Fsp3) is 0.400. The third kappa shape index (κ3) is 4.70. The number of ketones is 1. The maximum Gasteiger partial charge on any atom is 0.272 e. The molecule has 1 amide bonds. The number of pyridine rings is 1. The Labute approximate surface area is 171 Å². The van der Waals surface area contributed by atoms with Gasteiger partial charge in [-0.1, -0.05) is 11.6 Å². The largest absolute Gasteiger partial charge is 0.471 e. The van der Waals surface area contributed by atoms with Crippen molar-refractivity contribution in [3.05, 3.63) is 46.3 Å². The Bertz CT molecular complexity index is 897. The SMILES string of the molecule is C=N/C=C\C1=C(C(=O)C2CC2)CN(C(C)c2cnc(OCC(F)F)c(Cl)c2)C1=O. The fourth-order valence-electron chi connectivity index (χ4n) is 3.12. The average Bonchev–Trinajstić information content (AvgIpc) is 3.48. The summed E-state index contributed by atoms with van der Waals surface area (Å²) in [6.45, 7) is 4.50. The molecule has 1 unspecified atom stereocenters. The van der Waals surface area contributed by atoms with Crippen LogP contribution in [0.25, 0.3) is 0 Å². The van der Waals surface area contributed by atoms with Crippen molar-refractivity contribution in [1.82, 2.24) is 9.88 Å². The van der Waals surface area contributed by atoms with Gasteiger partial charge in [0, 0.05) is 29.5 Å². The Morgan fingerprint density at radius 3 is 2.83 bits per heavy atom. The second-order valence-electron chi connectivity index (χ2n) is 6.90. The van der Waals surface area contributed by atoms with Gasteiger partial charge in [-0.3, -0.25) is 14.6 Å². The van der Waals surface area contributed by atoms with Crippen molar-refractivity contribution in [1.29, 1.82) is 0 Å². The molecule has 1 fully saturated rings. The third-order valence-corrected chi connectivity index (χ3v) is 5.13. The number of rotatable bonds is 9. The van der Waals surface area contributed by atoms with E-state index in [2.05, 4.69) is 16.7 Å². The first-order valence-electron chi connectivity index (χ1n) is 9.10. The molecule has 1 aromatic rings. The standard InChI is InChI=1S/C20H20ClF2N3O3/c1-11(13-7-16(21)19(25-8-13)29-10-17(22)23)26-9-15(18(27)12-3-4-12)14(20(26)28)5-6-24-2/h5-8,11-12,17H,2-4,9-10H2,1H3/b6-5-. The first-order valence-corrected chi connectivity index (χ1v) is 9.48. The van der Waals surface area contributed by atoms with Gasteiger partial charge >= 0.3 is 0 Å². The Balaban J connectivity index is 1.81. The number of aromatic nitrogens is 1. The zero-order chi connectivity index (χ0) is 21.1. The van der Waals surface area contributed by atoms with E-state index < -0.39 is 19.1 Å². The zero-order valence-electron chi connectivity index (χ0n) is 15.8. The van der Waals surface area contributed by atoms with E-state index in [1.54, 1.807) is 11.8 Å². The number of halogens is 3. The minimum absolute atomic E-state index is 0.0105. The fourth-order valence-corrected chi connectivity index (χ4v) is 3.35. The maximum atomic E-state index is 13.0. The number of nitrogens with zero attached hydrogens (tertiary/aromatic N) is 3. The van der Waals surface area contributed by atoms with E-state index in [4.69, 9.17) is 16.3 Å². The molecule has 1 aliphatic heterocycles. The van der Waals surface area contributed by atoms with Gasteiger partial charge in [0.25, 0.3) is 12.3 Å². The molecular weight excluding hydrogens is 404 g/mol. The van der Waals surface area contributed by atoms with E-state index >= 15 is 0 Å². The lowest BCUT2D eigenvalue weighted by molar-refractivity contribution is -0.127. The number of aliphatic imine (C=N–C) groups is 1. The van der Waals surface area contributed by atoms with Crippen LogP contribution < -0.4 is 4.74 Å². The van der Waals surface area contributed by atoms with Crippen molar-refractivity contribution in [3.63, 3.8) is 0 Å². The summed E-state index contributed by atoms with van der Waals surface area (Å²) < 4.78 is 29.5. The summed E-state index contributed by atoms with van der Waals surface area (Å²) in [5.74, 6) is -0.422. The Kier molecular flexibility index (Phi) is 6.42. The summed E-state index contributed by atoms with van der Waals surface area (Å²) in [4.78, 5) is 34.7. The van der Waals surface area contributed by atoms with Crippen LogP contribution in [-0.4, -0.2) is 47.9 Å². The van der Waals surface area contributed by atoms with Crippen LogP contribution in [0.4, 0.5) is 8.78 Å². The van der Waals surface area contributed by atoms with E-state index in [1.807, 2.05) is 0 Å². The Hall–Kier alpha value is -2.61. The van der Waals surface area contributed by atoms with Crippen molar-refractivity contribution in [3.8, 4) is 5.88 Å². The maximum absolute atomic E-state index is 13.0. The quantitative estimate of drug-likeness (QED) is 0.567. The number of hydrogen-bond donors (Lipinski definition) is 0. The molecule has 1 atom stereocenters. The molecule has 1 aromatic heterocycles. The molecule has 2 heterocycles. The van der Waals surface area contributed by atoms with Crippen molar-refractivity contribution < 1.29 is 23.1 Å². The second kappa shape index (κ2) is 8.82. The van der Waals surface area contributed by atoms with Crippen LogP contribution in [0, 0.1) is 5.92 Å². The summed E-state index contributed by atoms with van der Waals surface area (Å²) in [5.41, 5.74) is 1.38. The summed E-state index contributed by atoms with van der Waals surface area (Å²) in [7, 11) is 0. The molecule has 0 radical (unpaired) electrons. The molecule has 154 valence electrons. The van der Waals surface area contributed by atoms with E-state index in [0.717, 1.165) is 12.8 Å². The lowest BCUT2D eigenvalue weighted by atomic mass is 10.0. The van der Waals surface area contributed by atoms with Crippen LogP contribution in [0.2, 0.25) is 5.02 Å². The molecule has 2 aliphatic rings. The highest BCUT2D eigenvalue weighted by Gasteiger charge is 2.40. The highest BCUT2D eigenvalue weighted by Crippen LogP contribution is 2.38. The summed E-state index contributed by atoms with van der Waals surface area (Å²) in [6.07, 6.45) is 3.34. The van der Waals surface area contributed by atoms with Gasteiger partial charge in [0.1, 0.15) is 5.02 Å². The van der Waals surface area contributed by atoms with Crippen LogP contribution in [0.5, 0.6) is 5.88 Å². The van der Waals surface area contributed by atoms with Gasteiger partial charge in [0.2, 0.25) is 5.88 Å². The Morgan fingerprint density at radius 2 is 2.24 bits per heavy atom. The monoisotopic (exact) mass is 423 g/mol. The number of Topliss-reactive ketones (excluding diaryl/α,β-unsaturated/α-hetero) is 1. The van der Waals surface area contributed by atoms with Gasteiger partial charge in [-0.15, -0.1) is 0 Å². The molecule has 0 aromatic carbocycles. The van der Waals surface area contributed by atoms with Gasteiger partial charge < -0.3 is 9.64 Å². The summed E-state index contributed by atoms with van der Waals surface area (Å²) in [5, 5.41) is 0.0693. The van der Waals surface area contributed by atoms with Crippen molar-refractivity contribution in [2.75, 3.05) is 13.2 Å². The summed E-state index contributed by atoms with van der Waals surface area (Å²) >= 11 is 6.10. The lowest BCUT2D eigenvalue weighted by Gasteiger charge is -2.25. The number of alkyl halides is 2. The highest BCUT2D eigenvalue weighted by atomic mass is 35.5. The normalized spacial score (nSPS) is 18.1. The molecule has 0 bridgehead atoms. The molecule has 6 nitrogen and oxygen atoms in total. The number of ether oxygens (including phenoxy) is 1. The van der Waals surface area contributed by atoms with E-state index in [0.29, 0.717) is 16.7 Å². The van der Waals surface area contributed by atoms with Crippen LogP contribution in [0.1, 0.15) is 31.4 Å². The topological polar surface area (TPSA) is 71.9 Å². The average molecular weight is 424 g/mol. The molecule has 1 aliphatic carbocycles. The van der Waals surface area contributed by atoms with Gasteiger partial charge in [0.15, 0.2) is 12.4 Å². The number of carbonyl (C=O) groups excluding carboxylic acids is 2. The molecule has 0 N–H and O–H groups in total. The van der Waals surface area contributed by atoms with Crippen LogP contribution >= 0.6 is 11.6 Å². The van der Waals surface area contributed by atoms with Gasteiger partial charge in [-0.2, -0.15) is 0 Å². The summed E-state index contributed by atoms with van der Waals surface area (Å²) in [6, 6.07) is 1.08. The first kappa shape index (κ1) is 21.1. The van der Waals surface area contributed by atoms with Crippen molar-refractivity contribution in [2.45, 2.75) is 32.2 Å². The third-order valence-electron chi connectivity index (χ3n) is 4.86. The van der Waals surface area contributed by atoms with E-state index in [-0.39, 0.29) is 35.1 Å². The minimum atomic E-state index is -2.64. The van der Waals surface area contributed by atoms with Crippen LogP contribution in [0.15, 0.2) is 40.7 Å². The number of carbonyl (C=O) groups is 2. The molecular formula is C20H20ClF2N3O3. The van der Waals surface area contributed by atoms with Gasteiger partial charge in [-0.05, 0) is 44.2 Å². The zero-order valence-corrected chi connectivity index (χ0v) is 16.5. The predicted molar refractivity (Wildman–Crippen MR) is 104 cm³/mol.